The molecular weight excluding hydrogens is 271 g/mol. The van der Waals surface area contributed by atoms with Gasteiger partial charge in [-0.2, -0.15) is 0 Å². The van der Waals surface area contributed by atoms with E-state index in [9.17, 15) is 9.50 Å². The summed E-state index contributed by atoms with van der Waals surface area (Å²) in [6.07, 6.45) is 0.0732. The van der Waals surface area contributed by atoms with Crippen LogP contribution in [0, 0.1) is 17.7 Å². The van der Waals surface area contributed by atoms with Gasteiger partial charge in [0.25, 0.3) is 0 Å². The second-order valence-corrected chi connectivity index (χ2v) is 5.57. The summed E-state index contributed by atoms with van der Waals surface area (Å²) in [4.78, 5) is 0. The molecule has 2 atom stereocenters. The van der Waals surface area contributed by atoms with E-state index in [2.05, 4.69) is 29.8 Å². The predicted molar refractivity (Wildman–Crippen MR) is 67.8 cm³/mol. The van der Waals surface area contributed by atoms with Gasteiger partial charge < -0.3 is 5.11 Å². The Hall–Kier alpha value is -0.410. The minimum absolute atomic E-state index is 0.210. The first-order valence-electron chi connectivity index (χ1n) is 5.53. The lowest BCUT2D eigenvalue weighted by Gasteiger charge is -2.22. The van der Waals surface area contributed by atoms with Gasteiger partial charge in [-0.3, -0.25) is 0 Å². The summed E-state index contributed by atoms with van der Waals surface area (Å²) in [6, 6.07) is 4.74. The van der Waals surface area contributed by atoms with Gasteiger partial charge in [0.05, 0.1) is 6.10 Å². The lowest BCUT2D eigenvalue weighted by molar-refractivity contribution is 0.0921. The van der Waals surface area contributed by atoms with Gasteiger partial charge in [-0.05, 0) is 42.0 Å². The third kappa shape index (κ3) is 3.87. The maximum atomic E-state index is 13.1. The summed E-state index contributed by atoms with van der Waals surface area (Å²) >= 11 is 3.25. The fourth-order valence-corrected chi connectivity index (χ4v) is 2.11. The monoisotopic (exact) mass is 288 g/mol. The van der Waals surface area contributed by atoms with E-state index in [4.69, 9.17) is 0 Å². The molecule has 1 aromatic rings. The summed E-state index contributed by atoms with van der Waals surface area (Å²) in [5.74, 6) is 0.364. The van der Waals surface area contributed by atoms with Crippen molar-refractivity contribution in [2.24, 2.45) is 11.8 Å². The van der Waals surface area contributed by atoms with Gasteiger partial charge >= 0.3 is 0 Å². The number of benzene rings is 1. The number of halogens is 2. The highest BCUT2D eigenvalue weighted by atomic mass is 79.9. The minimum Gasteiger partial charge on any atom is -0.392 e. The molecule has 0 radical (unpaired) electrons. The molecule has 0 fully saturated rings. The quantitative estimate of drug-likeness (QED) is 0.894. The van der Waals surface area contributed by atoms with Crippen LogP contribution in [-0.4, -0.2) is 11.2 Å². The van der Waals surface area contributed by atoms with E-state index >= 15 is 0 Å². The van der Waals surface area contributed by atoms with Crippen molar-refractivity contribution in [3.05, 3.63) is 34.1 Å². The van der Waals surface area contributed by atoms with Crippen molar-refractivity contribution < 1.29 is 9.50 Å². The van der Waals surface area contributed by atoms with Crippen molar-refractivity contribution in [2.45, 2.75) is 33.3 Å². The standard InChI is InChI=1S/C13H18BrFO/c1-8(2)9(3)13(16)6-10-4-11(14)7-12(15)5-10/h4-5,7-9,13,16H,6H2,1-3H3. The van der Waals surface area contributed by atoms with E-state index in [-0.39, 0.29) is 11.7 Å². The molecule has 0 spiro atoms. The molecule has 1 rings (SSSR count). The lowest BCUT2D eigenvalue weighted by atomic mass is 9.89. The molecule has 2 unspecified atom stereocenters. The zero-order valence-corrected chi connectivity index (χ0v) is 11.5. The van der Waals surface area contributed by atoms with Gasteiger partial charge in [-0.15, -0.1) is 0 Å². The number of aliphatic hydroxyl groups excluding tert-OH is 1. The highest BCUT2D eigenvalue weighted by Crippen LogP contribution is 2.21. The highest BCUT2D eigenvalue weighted by Gasteiger charge is 2.18. The van der Waals surface area contributed by atoms with Crippen molar-refractivity contribution in [3.63, 3.8) is 0 Å². The summed E-state index contributed by atoms with van der Waals surface area (Å²) < 4.78 is 13.8. The molecule has 0 aromatic heterocycles. The zero-order chi connectivity index (χ0) is 12.3. The van der Waals surface area contributed by atoms with Crippen LogP contribution in [-0.2, 0) is 6.42 Å². The van der Waals surface area contributed by atoms with Crippen molar-refractivity contribution in [2.75, 3.05) is 0 Å². The van der Waals surface area contributed by atoms with Gasteiger partial charge in [-0.25, -0.2) is 4.39 Å². The molecule has 0 amide bonds. The largest absolute Gasteiger partial charge is 0.392 e. The molecule has 16 heavy (non-hydrogen) atoms. The Kier molecular flexibility index (Phi) is 4.93. The van der Waals surface area contributed by atoms with Crippen LogP contribution in [0.1, 0.15) is 26.3 Å². The first-order chi connectivity index (χ1) is 7.40. The first kappa shape index (κ1) is 13.7. The highest BCUT2D eigenvalue weighted by molar-refractivity contribution is 9.10. The average Bonchev–Trinajstić information content (AvgIpc) is 2.14. The smallest absolute Gasteiger partial charge is 0.124 e. The van der Waals surface area contributed by atoms with Gasteiger partial charge in [0.1, 0.15) is 5.82 Å². The fourth-order valence-electron chi connectivity index (χ4n) is 1.60. The SMILES string of the molecule is CC(C)C(C)C(O)Cc1cc(F)cc(Br)c1. The number of aliphatic hydroxyl groups is 1. The van der Waals surface area contributed by atoms with E-state index in [1.54, 1.807) is 0 Å². The van der Waals surface area contributed by atoms with Crippen LogP contribution >= 0.6 is 15.9 Å². The Morgan fingerprint density at radius 3 is 2.38 bits per heavy atom. The minimum atomic E-state index is -0.423. The first-order valence-corrected chi connectivity index (χ1v) is 6.32. The predicted octanol–water partition coefficient (Wildman–Crippen LogP) is 3.78. The van der Waals surface area contributed by atoms with Gasteiger partial charge in [0.2, 0.25) is 0 Å². The van der Waals surface area contributed by atoms with Gasteiger partial charge in [0, 0.05) is 4.47 Å². The second-order valence-electron chi connectivity index (χ2n) is 4.65. The fraction of sp³-hybridized carbons (Fsp3) is 0.538. The molecule has 1 aromatic carbocycles. The maximum absolute atomic E-state index is 13.1. The molecule has 0 bridgehead atoms. The Balaban J connectivity index is 2.72. The number of hydrogen-bond acceptors (Lipinski definition) is 1. The van der Waals surface area contributed by atoms with E-state index in [0.717, 1.165) is 5.56 Å². The molecule has 0 saturated heterocycles. The molecule has 3 heteroatoms. The summed E-state index contributed by atoms with van der Waals surface area (Å²) in [7, 11) is 0. The molecule has 1 N–H and O–H groups in total. The second kappa shape index (κ2) is 5.78. The molecule has 0 aliphatic carbocycles. The van der Waals surface area contributed by atoms with E-state index in [1.807, 2.05) is 13.0 Å². The Labute approximate surface area is 105 Å². The zero-order valence-electron chi connectivity index (χ0n) is 9.87. The Bertz CT molecular complexity index is 332. The maximum Gasteiger partial charge on any atom is 0.124 e. The van der Waals surface area contributed by atoms with Crippen LogP contribution < -0.4 is 0 Å². The van der Waals surface area contributed by atoms with Crippen molar-refractivity contribution in [3.8, 4) is 0 Å². The van der Waals surface area contributed by atoms with E-state index in [1.165, 1.54) is 12.1 Å². The third-order valence-corrected chi connectivity index (χ3v) is 3.48. The Morgan fingerprint density at radius 1 is 1.25 bits per heavy atom. The van der Waals surface area contributed by atoms with E-state index < -0.39 is 6.10 Å². The average molecular weight is 289 g/mol. The van der Waals surface area contributed by atoms with Crippen molar-refractivity contribution in [1.82, 2.24) is 0 Å². The molecule has 0 saturated carbocycles. The van der Waals surface area contributed by atoms with Crippen LogP contribution in [0.5, 0.6) is 0 Å². The van der Waals surface area contributed by atoms with Crippen molar-refractivity contribution in [1.29, 1.82) is 0 Å². The third-order valence-electron chi connectivity index (χ3n) is 3.03. The summed E-state index contributed by atoms with van der Waals surface area (Å²) in [5, 5.41) is 9.99. The van der Waals surface area contributed by atoms with Gasteiger partial charge in [-0.1, -0.05) is 36.7 Å². The number of rotatable bonds is 4. The van der Waals surface area contributed by atoms with Crippen molar-refractivity contribution >= 4 is 15.9 Å². The molecule has 1 nitrogen and oxygen atoms in total. The van der Waals surface area contributed by atoms with Crippen LogP contribution in [0.3, 0.4) is 0 Å². The molecule has 0 aliphatic rings. The van der Waals surface area contributed by atoms with Crippen LogP contribution in [0.15, 0.2) is 22.7 Å². The lowest BCUT2D eigenvalue weighted by Crippen LogP contribution is -2.24. The number of hydrogen-bond donors (Lipinski definition) is 1. The summed E-state index contributed by atoms with van der Waals surface area (Å²) in [5.41, 5.74) is 0.826. The molecular formula is C13H18BrFO. The Morgan fingerprint density at radius 2 is 1.88 bits per heavy atom. The normalized spacial score (nSPS) is 15.2. The van der Waals surface area contributed by atoms with Crippen LogP contribution in [0.2, 0.25) is 0 Å². The van der Waals surface area contributed by atoms with Crippen LogP contribution in [0.4, 0.5) is 4.39 Å². The van der Waals surface area contributed by atoms with E-state index in [0.29, 0.717) is 16.8 Å². The summed E-state index contributed by atoms with van der Waals surface area (Å²) in [6.45, 7) is 6.18. The topological polar surface area (TPSA) is 20.2 Å². The van der Waals surface area contributed by atoms with Gasteiger partial charge in [0.15, 0.2) is 0 Å². The molecule has 0 aliphatic heterocycles. The molecule has 90 valence electrons. The molecule has 0 heterocycles. The van der Waals surface area contributed by atoms with Crippen LogP contribution in [0.25, 0.3) is 0 Å².